The number of unbranched alkanes of at least 4 members (excludes halogenated alkanes) is 3. The maximum absolute atomic E-state index is 5.88. The first-order valence-corrected chi connectivity index (χ1v) is 8.11. The molecule has 0 amide bonds. The molecule has 0 aromatic rings. The van der Waals surface area contributed by atoms with Gasteiger partial charge in [-0.2, -0.15) is 0 Å². The van der Waals surface area contributed by atoms with Crippen molar-refractivity contribution in [1.82, 2.24) is 0 Å². The highest BCUT2D eigenvalue weighted by Gasteiger charge is 2.04. The van der Waals surface area contributed by atoms with Gasteiger partial charge in [-0.3, -0.25) is 0 Å². The summed E-state index contributed by atoms with van der Waals surface area (Å²) in [5.74, 6) is 0. The molecular weight excluding hydrogens is 232 g/mol. The number of rotatable bonds is 12. The van der Waals surface area contributed by atoms with E-state index < -0.39 is 0 Å². The Morgan fingerprint density at radius 1 is 1.05 bits per heavy atom. The van der Waals surface area contributed by atoms with Gasteiger partial charge < -0.3 is 4.74 Å². The first kappa shape index (κ1) is 18.3. The lowest BCUT2D eigenvalue weighted by atomic mass is 10.1. The van der Waals surface area contributed by atoms with Gasteiger partial charge in [0.2, 0.25) is 0 Å². The van der Waals surface area contributed by atoms with Crippen LogP contribution in [0.4, 0.5) is 0 Å². The highest BCUT2D eigenvalue weighted by Crippen LogP contribution is 2.13. The van der Waals surface area contributed by atoms with Gasteiger partial charge in [-0.1, -0.05) is 59.1 Å². The lowest BCUT2D eigenvalue weighted by Gasteiger charge is -2.14. The summed E-state index contributed by atoms with van der Waals surface area (Å²) in [6.07, 6.45) is 18.3. The molecule has 0 saturated heterocycles. The van der Waals surface area contributed by atoms with Gasteiger partial charge in [0.25, 0.3) is 0 Å². The summed E-state index contributed by atoms with van der Waals surface area (Å²) in [4.78, 5) is 0. The van der Waals surface area contributed by atoms with Crippen molar-refractivity contribution in [2.24, 2.45) is 0 Å². The van der Waals surface area contributed by atoms with E-state index in [0.717, 1.165) is 12.8 Å². The Morgan fingerprint density at radius 3 is 2.37 bits per heavy atom. The van der Waals surface area contributed by atoms with E-state index >= 15 is 0 Å². The minimum atomic E-state index is 0.223. The van der Waals surface area contributed by atoms with Crippen molar-refractivity contribution < 1.29 is 4.74 Å². The minimum Gasteiger partial charge on any atom is -0.497 e. The Balaban J connectivity index is 4.01. The van der Waals surface area contributed by atoms with Crippen molar-refractivity contribution in [3.8, 4) is 0 Å². The SMILES string of the molecule is CCCCC=C[CH]C(CC)OC=C(CC)CCCC. The van der Waals surface area contributed by atoms with Crippen LogP contribution in [0, 0.1) is 6.42 Å². The molecule has 0 N–H and O–H groups in total. The van der Waals surface area contributed by atoms with Crippen LogP contribution in [0.25, 0.3) is 0 Å². The van der Waals surface area contributed by atoms with E-state index in [-0.39, 0.29) is 6.10 Å². The smallest absolute Gasteiger partial charge is 0.104 e. The predicted molar refractivity (Wildman–Crippen MR) is 86.0 cm³/mol. The monoisotopic (exact) mass is 265 g/mol. The van der Waals surface area contributed by atoms with Gasteiger partial charge in [0.1, 0.15) is 6.10 Å². The third kappa shape index (κ3) is 10.9. The van der Waals surface area contributed by atoms with Crippen LogP contribution < -0.4 is 0 Å². The maximum atomic E-state index is 5.88. The zero-order valence-electron chi connectivity index (χ0n) is 13.5. The van der Waals surface area contributed by atoms with Crippen LogP contribution in [0.3, 0.4) is 0 Å². The highest BCUT2D eigenvalue weighted by molar-refractivity contribution is 5.02. The molecule has 0 spiro atoms. The number of hydrogen-bond donors (Lipinski definition) is 0. The second kappa shape index (κ2) is 13.7. The summed E-state index contributed by atoms with van der Waals surface area (Å²) in [6.45, 7) is 8.84. The molecule has 1 heteroatoms. The van der Waals surface area contributed by atoms with Gasteiger partial charge in [0.15, 0.2) is 0 Å². The number of ether oxygens (including phenoxy) is 1. The molecule has 0 aromatic heterocycles. The summed E-state index contributed by atoms with van der Waals surface area (Å²) < 4.78 is 5.88. The Bertz CT molecular complexity index is 240. The summed E-state index contributed by atoms with van der Waals surface area (Å²) in [5.41, 5.74) is 1.43. The summed E-state index contributed by atoms with van der Waals surface area (Å²) in [6, 6.07) is 0. The van der Waals surface area contributed by atoms with Crippen LogP contribution in [0.1, 0.15) is 79.1 Å². The topological polar surface area (TPSA) is 9.23 Å². The molecule has 1 nitrogen and oxygen atoms in total. The van der Waals surface area contributed by atoms with Gasteiger partial charge in [-0.05, 0) is 37.7 Å². The fourth-order valence-electron chi connectivity index (χ4n) is 1.80. The van der Waals surface area contributed by atoms with Crippen LogP contribution in [0.5, 0.6) is 0 Å². The number of allylic oxidation sites excluding steroid dienone is 2. The molecule has 111 valence electrons. The quantitative estimate of drug-likeness (QED) is 0.301. The molecule has 0 saturated carbocycles. The Morgan fingerprint density at radius 2 is 1.79 bits per heavy atom. The first-order valence-electron chi connectivity index (χ1n) is 8.11. The second-order valence-electron chi connectivity index (χ2n) is 5.08. The molecule has 0 aliphatic heterocycles. The molecule has 1 radical (unpaired) electrons. The summed E-state index contributed by atoms with van der Waals surface area (Å²) >= 11 is 0. The molecule has 1 unspecified atom stereocenters. The third-order valence-electron chi connectivity index (χ3n) is 3.30. The fraction of sp³-hybridized carbons (Fsp3) is 0.722. The zero-order valence-corrected chi connectivity index (χ0v) is 13.5. The lowest BCUT2D eigenvalue weighted by Crippen LogP contribution is -2.08. The van der Waals surface area contributed by atoms with Crippen LogP contribution in [-0.2, 0) is 4.74 Å². The summed E-state index contributed by atoms with van der Waals surface area (Å²) in [5, 5.41) is 0. The van der Waals surface area contributed by atoms with E-state index in [9.17, 15) is 0 Å². The van der Waals surface area contributed by atoms with E-state index in [1.807, 2.05) is 6.26 Å². The van der Waals surface area contributed by atoms with Crippen LogP contribution in [-0.4, -0.2) is 6.10 Å². The van der Waals surface area contributed by atoms with E-state index in [1.165, 1.54) is 44.1 Å². The van der Waals surface area contributed by atoms with E-state index in [4.69, 9.17) is 4.74 Å². The first-order chi connectivity index (χ1) is 9.28. The van der Waals surface area contributed by atoms with Crippen molar-refractivity contribution in [2.45, 2.75) is 85.2 Å². The van der Waals surface area contributed by atoms with Gasteiger partial charge in [-0.25, -0.2) is 0 Å². The molecule has 0 fully saturated rings. The van der Waals surface area contributed by atoms with Crippen molar-refractivity contribution in [1.29, 1.82) is 0 Å². The second-order valence-corrected chi connectivity index (χ2v) is 5.08. The van der Waals surface area contributed by atoms with E-state index in [1.54, 1.807) is 0 Å². The van der Waals surface area contributed by atoms with Gasteiger partial charge in [0.05, 0.1) is 6.26 Å². The van der Waals surface area contributed by atoms with E-state index in [2.05, 4.69) is 46.3 Å². The lowest BCUT2D eigenvalue weighted by molar-refractivity contribution is 0.169. The standard InChI is InChI=1S/C18H33O/c1-5-9-11-12-13-15-18(8-4)19-16-17(7-3)14-10-6-2/h12-13,15-16,18H,5-11,14H2,1-4H3. The molecule has 0 aliphatic carbocycles. The molecule has 19 heavy (non-hydrogen) atoms. The third-order valence-corrected chi connectivity index (χ3v) is 3.30. The van der Waals surface area contributed by atoms with Crippen LogP contribution >= 0.6 is 0 Å². The zero-order chi connectivity index (χ0) is 14.3. The maximum Gasteiger partial charge on any atom is 0.104 e. The van der Waals surface area contributed by atoms with Crippen LogP contribution in [0.15, 0.2) is 24.0 Å². The van der Waals surface area contributed by atoms with Crippen molar-refractivity contribution >= 4 is 0 Å². The van der Waals surface area contributed by atoms with Crippen molar-refractivity contribution in [3.63, 3.8) is 0 Å². The molecule has 0 rings (SSSR count). The van der Waals surface area contributed by atoms with Crippen molar-refractivity contribution in [3.05, 3.63) is 30.4 Å². The average Bonchev–Trinajstić information content (AvgIpc) is 2.44. The fourth-order valence-corrected chi connectivity index (χ4v) is 1.80. The average molecular weight is 265 g/mol. The number of hydrogen-bond acceptors (Lipinski definition) is 1. The Kier molecular flexibility index (Phi) is 13.2. The van der Waals surface area contributed by atoms with Gasteiger partial charge in [0, 0.05) is 6.42 Å². The summed E-state index contributed by atoms with van der Waals surface area (Å²) in [7, 11) is 0. The Hall–Kier alpha value is -0.720. The van der Waals surface area contributed by atoms with Gasteiger partial charge in [-0.15, -0.1) is 0 Å². The predicted octanol–water partition coefficient (Wildman–Crippen LogP) is 6.22. The molecule has 0 aromatic carbocycles. The molecule has 1 atom stereocenters. The van der Waals surface area contributed by atoms with Crippen molar-refractivity contribution in [2.75, 3.05) is 0 Å². The largest absolute Gasteiger partial charge is 0.497 e. The molecular formula is C18H33O. The van der Waals surface area contributed by atoms with Crippen LogP contribution in [0.2, 0.25) is 0 Å². The highest BCUT2D eigenvalue weighted by atomic mass is 16.5. The Labute approximate surface area is 121 Å². The van der Waals surface area contributed by atoms with E-state index in [0.29, 0.717) is 0 Å². The minimum absolute atomic E-state index is 0.223. The molecule has 0 bridgehead atoms. The molecule has 0 aliphatic rings. The molecule has 0 heterocycles. The normalized spacial score (nSPS) is 14.0. The van der Waals surface area contributed by atoms with Gasteiger partial charge >= 0.3 is 0 Å².